The number of amides is 2. The summed E-state index contributed by atoms with van der Waals surface area (Å²) in [5.41, 5.74) is 1.20. The van der Waals surface area contributed by atoms with Crippen LogP contribution in [0.25, 0.3) is 0 Å². The number of hydrogen-bond acceptors (Lipinski definition) is 3. The van der Waals surface area contributed by atoms with Crippen LogP contribution in [-0.4, -0.2) is 50.1 Å². The van der Waals surface area contributed by atoms with Gasteiger partial charge in [0.2, 0.25) is 5.91 Å². The molecule has 0 atom stereocenters. The van der Waals surface area contributed by atoms with Gasteiger partial charge >= 0.3 is 0 Å². The highest BCUT2D eigenvalue weighted by atomic mass is 16.5. The van der Waals surface area contributed by atoms with Crippen LogP contribution in [0, 0.1) is 0 Å². The molecule has 0 unspecified atom stereocenters. The van der Waals surface area contributed by atoms with Gasteiger partial charge in [-0.05, 0) is 12.1 Å². The Morgan fingerprint density at radius 2 is 1.84 bits per heavy atom. The zero-order chi connectivity index (χ0) is 13.8. The first-order chi connectivity index (χ1) is 9.11. The van der Waals surface area contributed by atoms with Crippen molar-refractivity contribution in [1.29, 1.82) is 0 Å². The fourth-order valence-electron chi connectivity index (χ4n) is 2.05. The van der Waals surface area contributed by atoms with Crippen LogP contribution in [0.15, 0.2) is 24.3 Å². The predicted octanol–water partition coefficient (Wildman–Crippen LogP) is 1.14. The number of nitrogens with zero attached hydrogens (tertiary/aromatic N) is 2. The lowest BCUT2D eigenvalue weighted by Gasteiger charge is -2.28. The number of hydrogen-bond donors (Lipinski definition) is 0. The molecule has 0 N–H and O–H groups in total. The van der Waals surface area contributed by atoms with Crippen LogP contribution in [0.3, 0.4) is 0 Å². The van der Waals surface area contributed by atoms with E-state index in [9.17, 15) is 9.59 Å². The number of carbonyl (C=O) groups excluding carboxylic acids is 2. The second-order valence-corrected chi connectivity index (χ2v) is 4.50. The molecule has 19 heavy (non-hydrogen) atoms. The Bertz CT molecular complexity index is 481. The average Bonchev–Trinajstić information content (AvgIpc) is 2.46. The molecule has 0 spiro atoms. The zero-order valence-electron chi connectivity index (χ0n) is 11.3. The van der Waals surface area contributed by atoms with Gasteiger partial charge in [0.05, 0.1) is 24.5 Å². The van der Waals surface area contributed by atoms with Crippen molar-refractivity contribution in [2.45, 2.75) is 6.92 Å². The van der Waals surface area contributed by atoms with Gasteiger partial charge in [0, 0.05) is 27.1 Å². The largest absolute Gasteiger partial charge is 0.378 e. The van der Waals surface area contributed by atoms with E-state index in [4.69, 9.17) is 4.74 Å². The van der Waals surface area contributed by atoms with Crippen molar-refractivity contribution in [3.05, 3.63) is 29.8 Å². The number of ether oxygens (including phenoxy) is 1. The Morgan fingerprint density at radius 3 is 2.47 bits per heavy atom. The first-order valence-corrected chi connectivity index (χ1v) is 6.31. The van der Waals surface area contributed by atoms with Crippen LogP contribution in [0.2, 0.25) is 0 Å². The summed E-state index contributed by atoms with van der Waals surface area (Å²) in [5.74, 6) is -0.144. The van der Waals surface area contributed by atoms with Crippen molar-refractivity contribution in [3.63, 3.8) is 0 Å². The van der Waals surface area contributed by atoms with Crippen LogP contribution < -0.4 is 4.90 Å². The molecule has 1 fully saturated rings. The second-order valence-electron chi connectivity index (χ2n) is 4.50. The lowest BCUT2D eigenvalue weighted by Crippen LogP contribution is -2.41. The topological polar surface area (TPSA) is 49.9 Å². The minimum atomic E-state index is -0.0952. The summed E-state index contributed by atoms with van der Waals surface area (Å²) in [4.78, 5) is 27.2. The molecule has 1 aromatic carbocycles. The molecule has 2 rings (SSSR count). The van der Waals surface area contributed by atoms with Gasteiger partial charge in [-0.1, -0.05) is 12.1 Å². The maximum atomic E-state index is 12.5. The van der Waals surface area contributed by atoms with Crippen molar-refractivity contribution in [3.8, 4) is 0 Å². The molecular weight excluding hydrogens is 244 g/mol. The lowest BCUT2D eigenvalue weighted by atomic mass is 10.1. The molecule has 1 aromatic rings. The summed E-state index contributed by atoms with van der Waals surface area (Å²) in [7, 11) is 1.67. The fourth-order valence-corrected chi connectivity index (χ4v) is 2.05. The zero-order valence-corrected chi connectivity index (χ0v) is 11.3. The number of para-hydroxylation sites is 1. The second kappa shape index (κ2) is 5.84. The molecule has 1 heterocycles. The molecule has 0 aliphatic carbocycles. The van der Waals surface area contributed by atoms with Crippen LogP contribution in [0.1, 0.15) is 17.3 Å². The number of morpholine rings is 1. The molecule has 1 aliphatic heterocycles. The van der Waals surface area contributed by atoms with Gasteiger partial charge in [0.15, 0.2) is 0 Å². The molecule has 1 saturated heterocycles. The van der Waals surface area contributed by atoms with E-state index in [0.717, 1.165) is 0 Å². The van der Waals surface area contributed by atoms with Crippen LogP contribution in [-0.2, 0) is 9.53 Å². The van der Waals surface area contributed by atoms with Crippen LogP contribution in [0.5, 0.6) is 0 Å². The van der Waals surface area contributed by atoms with E-state index in [1.807, 2.05) is 12.1 Å². The first kappa shape index (κ1) is 13.5. The molecule has 5 nitrogen and oxygen atoms in total. The summed E-state index contributed by atoms with van der Waals surface area (Å²) in [5, 5.41) is 0. The van der Waals surface area contributed by atoms with E-state index in [-0.39, 0.29) is 11.8 Å². The molecular formula is C14H18N2O3. The molecule has 0 saturated carbocycles. The highest BCUT2D eigenvalue weighted by molar-refractivity contribution is 6.04. The van der Waals surface area contributed by atoms with E-state index in [0.29, 0.717) is 37.6 Å². The number of carbonyl (C=O) groups is 2. The van der Waals surface area contributed by atoms with Gasteiger partial charge in [0.25, 0.3) is 5.91 Å². The number of anilines is 1. The van der Waals surface area contributed by atoms with Gasteiger partial charge in [-0.3, -0.25) is 9.59 Å². The highest BCUT2D eigenvalue weighted by Gasteiger charge is 2.22. The van der Waals surface area contributed by atoms with Gasteiger partial charge < -0.3 is 14.5 Å². The Morgan fingerprint density at radius 1 is 1.21 bits per heavy atom. The minimum Gasteiger partial charge on any atom is -0.378 e. The van der Waals surface area contributed by atoms with Crippen molar-refractivity contribution < 1.29 is 14.3 Å². The SMILES string of the molecule is CC(=O)N(C)c1ccccc1C(=O)N1CCOCC1. The van der Waals surface area contributed by atoms with E-state index in [2.05, 4.69) is 0 Å². The molecule has 0 aromatic heterocycles. The molecule has 0 bridgehead atoms. The maximum Gasteiger partial charge on any atom is 0.256 e. The normalized spacial score (nSPS) is 15.2. The van der Waals surface area contributed by atoms with E-state index >= 15 is 0 Å². The Hall–Kier alpha value is -1.88. The van der Waals surface area contributed by atoms with E-state index < -0.39 is 0 Å². The van der Waals surface area contributed by atoms with Crippen molar-refractivity contribution in [1.82, 2.24) is 4.90 Å². The number of rotatable bonds is 2. The third-order valence-electron chi connectivity index (χ3n) is 3.27. The molecule has 102 valence electrons. The summed E-state index contributed by atoms with van der Waals surface area (Å²) in [6, 6.07) is 7.18. The van der Waals surface area contributed by atoms with Gasteiger partial charge in [-0.15, -0.1) is 0 Å². The van der Waals surface area contributed by atoms with Crippen LogP contribution >= 0.6 is 0 Å². The average molecular weight is 262 g/mol. The highest BCUT2D eigenvalue weighted by Crippen LogP contribution is 2.21. The summed E-state index contributed by atoms with van der Waals surface area (Å²) in [6.45, 7) is 3.80. The molecule has 1 aliphatic rings. The standard InChI is InChI=1S/C14H18N2O3/c1-11(17)15(2)13-6-4-3-5-12(13)14(18)16-7-9-19-10-8-16/h3-6H,7-10H2,1-2H3. The van der Waals surface area contributed by atoms with E-state index in [1.54, 1.807) is 24.1 Å². The van der Waals surface area contributed by atoms with Crippen molar-refractivity contribution in [2.75, 3.05) is 38.3 Å². The third-order valence-corrected chi connectivity index (χ3v) is 3.27. The van der Waals surface area contributed by atoms with Gasteiger partial charge in [0.1, 0.15) is 0 Å². The Kier molecular flexibility index (Phi) is 4.16. The van der Waals surface area contributed by atoms with E-state index in [1.165, 1.54) is 11.8 Å². The summed E-state index contributed by atoms with van der Waals surface area (Å²) >= 11 is 0. The van der Waals surface area contributed by atoms with Gasteiger partial charge in [-0.25, -0.2) is 0 Å². The Balaban J connectivity index is 2.28. The first-order valence-electron chi connectivity index (χ1n) is 6.31. The summed E-state index contributed by atoms with van der Waals surface area (Å²) in [6.07, 6.45) is 0. The molecule has 2 amide bonds. The third kappa shape index (κ3) is 2.93. The Labute approximate surface area is 112 Å². The predicted molar refractivity (Wildman–Crippen MR) is 72.2 cm³/mol. The smallest absolute Gasteiger partial charge is 0.256 e. The minimum absolute atomic E-state index is 0.0491. The monoisotopic (exact) mass is 262 g/mol. The number of benzene rings is 1. The maximum absolute atomic E-state index is 12.5. The molecule has 0 radical (unpaired) electrons. The molecule has 5 heteroatoms. The lowest BCUT2D eigenvalue weighted by molar-refractivity contribution is -0.116. The van der Waals surface area contributed by atoms with Crippen LogP contribution in [0.4, 0.5) is 5.69 Å². The quantitative estimate of drug-likeness (QED) is 0.803. The van der Waals surface area contributed by atoms with Crippen molar-refractivity contribution >= 4 is 17.5 Å². The summed E-state index contributed by atoms with van der Waals surface area (Å²) < 4.78 is 5.24. The van der Waals surface area contributed by atoms with Gasteiger partial charge in [-0.2, -0.15) is 0 Å². The van der Waals surface area contributed by atoms with Crippen molar-refractivity contribution in [2.24, 2.45) is 0 Å². The fraction of sp³-hybridized carbons (Fsp3) is 0.429.